The van der Waals surface area contributed by atoms with E-state index in [9.17, 15) is 28.0 Å². The van der Waals surface area contributed by atoms with E-state index in [2.05, 4.69) is 20.5 Å². The molecule has 0 saturated heterocycles. The number of carboxylic acid groups (broad SMARTS) is 1. The van der Waals surface area contributed by atoms with Gasteiger partial charge in [-0.25, -0.2) is 0 Å². The third kappa shape index (κ3) is 8.13. The number of carboxylic acids is 1. The molecule has 5 aromatic carbocycles. The molecule has 0 unspecified atom stereocenters. The van der Waals surface area contributed by atoms with Gasteiger partial charge < -0.3 is 20.7 Å². The van der Waals surface area contributed by atoms with Crippen molar-refractivity contribution >= 4 is 55.3 Å². The summed E-state index contributed by atoms with van der Waals surface area (Å²) in [6.07, 6.45) is 0. The van der Waals surface area contributed by atoms with Gasteiger partial charge in [0, 0.05) is 5.39 Å². The standard InChI is InChI=1S/C29H21N5O6S.2Na/c30-26-13-6-19-5-12-23(41(38,39)40)16-24(19)28(26)34-32-21-9-3-18(4-10-21)17-1-7-20(8-2-17)31-33-22-11-14-27(35)25(15-22)29(36)37;;/h1-16,35H,30H2,(H,36,37)(H,38,39,40);;/q;2*+1/p-2. The molecule has 0 aliphatic carbocycles. The quantitative estimate of drug-likeness (QED) is 0.108. The Labute approximate surface area is 290 Å². The first kappa shape index (κ1) is 34.0. The van der Waals surface area contributed by atoms with Crippen molar-refractivity contribution in [2.75, 3.05) is 5.73 Å². The summed E-state index contributed by atoms with van der Waals surface area (Å²) in [6.45, 7) is 0. The number of hydrogen-bond acceptors (Lipinski definition) is 10. The number of carbonyl (C=O) groups excluding carboxylic acids is 1. The molecule has 0 spiro atoms. The van der Waals surface area contributed by atoms with Crippen molar-refractivity contribution in [2.24, 2.45) is 20.5 Å². The third-order valence-corrected chi connectivity index (χ3v) is 6.94. The molecule has 204 valence electrons. The zero-order chi connectivity index (χ0) is 29.1. The molecule has 0 amide bonds. The van der Waals surface area contributed by atoms with Gasteiger partial charge in [-0.2, -0.15) is 23.8 Å². The fraction of sp³-hybridized carbons (Fsp3) is 0. The first-order valence-corrected chi connectivity index (χ1v) is 13.4. The van der Waals surface area contributed by atoms with Gasteiger partial charge in [-0.1, -0.05) is 48.2 Å². The Bertz CT molecular complexity index is 1970. The van der Waals surface area contributed by atoms with Crippen LogP contribution < -0.4 is 75.1 Å². The van der Waals surface area contributed by atoms with E-state index in [1.54, 1.807) is 42.5 Å². The van der Waals surface area contributed by atoms with E-state index in [1.165, 1.54) is 18.2 Å². The van der Waals surface area contributed by atoms with Gasteiger partial charge in [-0.05, 0) is 76.7 Å². The number of anilines is 1. The van der Waals surface area contributed by atoms with Gasteiger partial charge in [-0.3, -0.25) is 4.55 Å². The zero-order valence-corrected chi connectivity index (χ0v) is 27.8. The van der Waals surface area contributed by atoms with Crippen molar-refractivity contribution in [1.29, 1.82) is 0 Å². The molecule has 5 aromatic rings. The van der Waals surface area contributed by atoms with Crippen LogP contribution in [0.15, 0.2) is 122 Å². The summed E-state index contributed by atoms with van der Waals surface area (Å²) in [4.78, 5) is 10.7. The Morgan fingerprint density at radius 1 is 0.698 bits per heavy atom. The van der Waals surface area contributed by atoms with Crippen LogP contribution in [0.4, 0.5) is 28.4 Å². The summed E-state index contributed by atoms with van der Waals surface area (Å²) >= 11 is 0. The summed E-state index contributed by atoms with van der Waals surface area (Å²) in [6, 6.07) is 25.4. The van der Waals surface area contributed by atoms with Gasteiger partial charge >= 0.3 is 59.1 Å². The normalized spacial score (nSPS) is 11.4. The van der Waals surface area contributed by atoms with E-state index in [1.807, 2.05) is 24.3 Å². The molecule has 43 heavy (non-hydrogen) atoms. The average molecular weight is 612 g/mol. The molecule has 0 fully saturated rings. The SMILES string of the molecule is Nc1ccc2ccc(S(=O)(=O)O)cc2c1N=Nc1ccc(-c2ccc(N=Nc3ccc([O-])c(C(=O)[O-])c3)cc2)cc1.[Na+].[Na+]. The fourth-order valence-corrected chi connectivity index (χ4v) is 4.48. The van der Waals surface area contributed by atoms with E-state index in [0.717, 1.165) is 23.3 Å². The second-order valence-electron chi connectivity index (χ2n) is 8.82. The van der Waals surface area contributed by atoms with Crippen molar-refractivity contribution in [3.05, 3.63) is 103 Å². The van der Waals surface area contributed by atoms with Gasteiger partial charge in [0.05, 0.1) is 33.6 Å². The summed E-state index contributed by atoms with van der Waals surface area (Å²) in [7, 11) is -4.40. The van der Waals surface area contributed by atoms with Crippen LogP contribution in [-0.4, -0.2) is 18.9 Å². The Kier molecular flexibility index (Phi) is 11.4. The first-order chi connectivity index (χ1) is 19.6. The molecule has 3 N–H and O–H groups in total. The van der Waals surface area contributed by atoms with Crippen LogP contribution in [0.25, 0.3) is 21.9 Å². The van der Waals surface area contributed by atoms with Crippen molar-refractivity contribution < 1.29 is 87.1 Å². The minimum absolute atomic E-state index is 0. The van der Waals surface area contributed by atoms with Crippen LogP contribution in [0.2, 0.25) is 0 Å². The van der Waals surface area contributed by atoms with E-state index < -0.39 is 27.4 Å². The van der Waals surface area contributed by atoms with Crippen LogP contribution in [-0.2, 0) is 10.1 Å². The second-order valence-corrected chi connectivity index (χ2v) is 10.2. The number of rotatable bonds is 7. The number of azo groups is 2. The van der Waals surface area contributed by atoms with Crippen molar-refractivity contribution in [3.8, 4) is 16.9 Å². The number of benzene rings is 5. The Morgan fingerprint density at radius 2 is 1.21 bits per heavy atom. The summed E-state index contributed by atoms with van der Waals surface area (Å²) in [5, 5.41) is 40.2. The molecule has 0 radical (unpaired) electrons. The number of aromatic carboxylic acids is 1. The Morgan fingerprint density at radius 3 is 1.77 bits per heavy atom. The van der Waals surface area contributed by atoms with Crippen molar-refractivity contribution in [1.82, 2.24) is 0 Å². The minimum Gasteiger partial charge on any atom is -0.872 e. The predicted octanol–water partition coefficient (Wildman–Crippen LogP) is -0.388. The monoisotopic (exact) mass is 611 g/mol. The molecular weight excluding hydrogens is 592 g/mol. The van der Waals surface area contributed by atoms with E-state index in [0.29, 0.717) is 27.8 Å². The van der Waals surface area contributed by atoms with Crippen LogP contribution in [0.3, 0.4) is 0 Å². The summed E-state index contributed by atoms with van der Waals surface area (Å²) in [5.74, 6) is -2.23. The number of carbonyl (C=O) groups is 1. The maximum atomic E-state index is 11.6. The number of nitrogens with zero attached hydrogens (tertiary/aromatic N) is 4. The number of nitrogens with two attached hydrogens (primary N) is 1. The largest absolute Gasteiger partial charge is 1.00 e. The molecule has 0 heterocycles. The molecule has 0 aliphatic rings. The van der Waals surface area contributed by atoms with Gasteiger partial charge in [0.15, 0.2) is 0 Å². The van der Waals surface area contributed by atoms with Gasteiger partial charge in [0.2, 0.25) is 0 Å². The maximum absolute atomic E-state index is 11.6. The van der Waals surface area contributed by atoms with Crippen LogP contribution in [0.1, 0.15) is 10.4 Å². The Hall–Kier alpha value is -3.46. The van der Waals surface area contributed by atoms with E-state index in [-0.39, 0.29) is 75.4 Å². The summed E-state index contributed by atoms with van der Waals surface area (Å²) in [5.41, 5.74) is 9.21. The molecule has 0 bridgehead atoms. The van der Waals surface area contributed by atoms with E-state index >= 15 is 0 Å². The molecule has 5 rings (SSSR count). The topological polar surface area (TPSA) is 193 Å². The minimum atomic E-state index is -4.40. The van der Waals surface area contributed by atoms with Crippen LogP contribution in [0.5, 0.6) is 5.75 Å². The molecular formula is C29H19N5Na2O6S. The van der Waals surface area contributed by atoms with Crippen molar-refractivity contribution in [3.63, 3.8) is 0 Å². The molecule has 14 heteroatoms. The van der Waals surface area contributed by atoms with Crippen LogP contribution >= 0.6 is 0 Å². The molecule has 11 nitrogen and oxygen atoms in total. The van der Waals surface area contributed by atoms with Crippen molar-refractivity contribution in [2.45, 2.75) is 4.90 Å². The Balaban J connectivity index is 0.00000253. The second kappa shape index (κ2) is 14.3. The fourth-order valence-electron chi connectivity index (χ4n) is 3.98. The van der Waals surface area contributed by atoms with Gasteiger partial charge in [-0.15, -0.1) is 5.11 Å². The average Bonchev–Trinajstić information content (AvgIpc) is 2.96. The van der Waals surface area contributed by atoms with Gasteiger partial charge in [0.1, 0.15) is 5.69 Å². The number of hydrogen-bond donors (Lipinski definition) is 2. The smallest absolute Gasteiger partial charge is 0.872 e. The first-order valence-electron chi connectivity index (χ1n) is 11.9. The van der Waals surface area contributed by atoms with Gasteiger partial charge in [0.25, 0.3) is 10.1 Å². The predicted molar refractivity (Wildman–Crippen MR) is 149 cm³/mol. The number of nitrogen functional groups attached to an aromatic ring is 1. The summed E-state index contributed by atoms with van der Waals surface area (Å²) < 4.78 is 32.6. The number of fused-ring (bicyclic) bond motifs is 1. The molecule has 0 saturated carbocycles. The third-order valence-electron chi connectivity index (χ3n) is 6.09. The van der Waals surface area contributed by atoms with Crippen LogP contribution in [0, 0.1) is 0 Å². The van der Waals surface area contributed by atoms with E-state index in [4.69, 9.17) is 5.73 Å². The molecule has 0 aromatic heterocycles. The maximum Gasteiger partial charge on any atom is 1.00 e. The molecule has 0 aliphatic heterocycles. The molecule has 0 atom stereocenters. The zero-order valence-electron chi connectivity index (χ0n) is 23.0.